The highest BCUT2D eigenvalue weighted by Crippen LogP contribution is 2.11. The summed E-state index contributed by atoms with van der Waals surface area (Å²) in [5.41, 5.74) is 0. The van der Waals surface area contributed by atoms with Gasteiger partial charge in [-0.25, -0.2) is 10.1 Å². The molecule has 3 nitrogen and oxygen atoms in total. The van der Waals surface area contributed by atoms with Gasteiger partial charge in [0, 0.05) is 0 Å². The number of rotatable bonds is 15. The minimum absolute atomic E-state index is 0.0328. The van der Waals surface area contributed by atoms with Crippen molar-refractivity contribution in [2.75, 3.05) is 13.2 Å². The SMILES string of the molecule is CCCCCCCCCCCCCC[NH+]([O-])OCC. The van der Waals surface area contributed by atoms with Crippen molar-refractivity contribution in [2.45, 2.75) is 90.9 Å². The van der Waals surface area contributed by atoms with E-state index in [1.807, 2.05) is 6.92 Å². The lowest BCUT2D eigenvalue weighted by atomic mass is 10.1. The maximum atomic E-state index is 11.1. The summed E-state index contributed by atoms with van der Waals surface area (Å²) in [6.07, 6.45) is 16.0. The van der Waals surface area contributed by atoms with Crippen LogP contribution in [0.2, 0.25) is 0 Å². The maximum absolute atomic E-state index is 11.1. The Balaban J connectivity index is 2.99. The van der Waals surface area contributed by atoms with Crippen LogP contribution in [0.4, 0.5) is 0 Å². The summed E-state index contributed by atoms with van der Waals surface area (Å²) >= 11 is 0. The van der Waals surface area contributed by atoms with Gasteiger partial charge < -0.3 is 5.21 Å². The van der Waals surface area contributed by atoms with Gasteiger partial charge in [0.25, 0.3) is 0 Å². The lowest BCUT2D eigenvalue weighted by Gasteiger charge is -2.18. The summed E-state index contributed by atoms with van der Waals surface area (Å²) in [5.74, 6) is 0. The van der Waals surface area contributed by atoms with Gasteiger partial charge in [0.05, 0.1) is 0 Å². The zero-order valence-corrected chi connectivity index (χ0v) is 13.2. The predicted molar refractivity (Wildman–Crippen MR) is 81.9 cm³/mol. The standard InChI is InChI=1S/C16H35NO2/c1-3-5-6-7-8-9-10-11-12-13-14-15-16-17(18)19-4-2/h17H,3-16H2,1-2H3. The molecule has 0 rings (SSSR count). The maximum Gasteiger partial charge on any atom is 0.107 e. The number of quaternary nitrogens is 1. The van der Waals surface area contributed by atoms with Crippen molar-refractivity contribution in [3.05, 3.63) is 5.21 Å². The number of hydrogen-bond acceptors (Lipinski definition) is 2. The van der Waals surface area contributed by atoms with Crippen LogP contribution in [0.5, 0.6) is 0 Å². The van der Waals surface area contributed by atoms with Gasteiger partial charge in [-0.15, -0.1) is 0 Å². The average molecular weight is 273 g/mol. The minimum atomic E-state index is -0.0328. The summed E-state index contributed by atoms with van der Waals surface area (Å²) in [5, 5.41) is 11.1. The molecule has 0 heterocycles. The monoisotopic (exact) mass is 273 g/mol. The summed E-state index contributed by atoms with van der Waals surface area (Å²) in [6, 6.07) is 0. The van der Waals surface area contributed by atoms with Crippen molar-refractivity contribution in [1.29, 1.82) is 0 Å². The van der Waals surface area contributed by atoms with Crippen LogP contribution in [-0.2, 0) is 4.84 Å². The van der Waals surface area contributed by atoms with Crippen molar-refractivity contribution in [2.24, 2.45) is 0 Å². The first kappa shape index (κ1) is 18.9. The van der Waals surface area contributed by atoms with Gasteiger partial charge in [0.2, 0.25) is 0 Å². The highest BCUT2D eigenvalue weighted by molar-refractivity contribution is 4.48. The van der Waals surface area contributed by atoms with Gasteiger partial charge in [-0.1, -0.05) is 71.1 Å². The van der Waals surface area contributed by atoms with Crippen LogP contribution in [0.1, 0.15) is 90.9 Å². The number of nitrogens with one attached hydrogen (secondary N) is 1. The third-order valence-corrected chi connectivity index (χ3v) is 3.54. The quantitative estimate of drug-likeness (QED) is 0.361. The molecule has 0 bridgehead atoms. The van der Waals surface area contributed by atoms with Crippen LogP contribution < -0.4 is 5.23 Å². The third kappa shape index (κ3) is 15.8. The predicted octanol–water partition coefficient (Wildman–Crippen LogP) is 4.02. The molecule has 0 spiro atoms. The average Bonchev–Trinajstić information content (AvgIpc) is 2.40. The smallest absolute Gasteiger partial charge is 0.107 e. The first-order chi connectivity index (χ1) is 9.31. The second-order valence-corrected chi connectivity index (χ2v) is 5.44. The molecule has 116 valence electrons. The molecule has 1 unspecified atom stereocenters. The largest absolute Gasteiger partial charge is 0.600 e. The van der Waals surface area contributed by atoms with Crippen molar-refractivity contribution in [3.8, 4) is 0 Å². The first-order valence-corrected chi connectivity index (χ1v) is 8.46. The highest BCUT2D eigenvalue weighted by Gasteiger charge is 1.97. The molecule has 0 aromatic heterocycles. The Kier molecular flexibility index (Phi) is 15.8. The van der Waals surface area contributed by atoms with Gasteiger partial charge >= 0.3 is 0 Å². The van der Waals surface area contributed by atoms with Gasteiger partial charge in [-0.05, 0) is 19.8 Å². The molecule has 0 radical (unpaired) electrons. The molecule has 0 aromatic rings. The van der Waals surface area contributed by atoms with Crippen molar-refractivity contribution >= 4 is 0 Å². The number of unbranched alkanes of at least 4 members (excludes halogenated alkanes) is 11. The second kappa shape index (κ2) is 15.9. The molecule has 0 fully saturated rings. The molecule has 0 aliphatic heterocycles. The van der Waals surface area contributed by atoms with Crippen LogP contribution in [0.3, 0.4) is 0 Å². The third-order valence-electron chi connectivity index (χ3n) is 3.54. The summed E-state index contributed by atoms with van der Waals surface area (Å²) in [6.45, 7) is 5.24. The fourth-order valence-corrected chi connectivity index (χ4v) is 2.34. The molecule has 0 saturated heterocycles. The molecular weight excluding hydrogens is 238 g/mol. The molecular formula is C16H35NO2. The van der Waals surface area contributed by atoms with E-state index < -0.39 is 0 Å². The first-order valence-electron chi connectivity index (χ1n) is 8.46. The van der Waals surface area contributed by atoms with E-state index in [1.54, 1.807) is 0 Å². The minimum Gasteiger partial charge on any atom is -0.600 e. The molecule has 3 heteroatoms. The van der Waals surface area contributed by atoms with Crippen molar-refractivity contribution < 1.29 is 10.1 Å². The lowest BCUT2D eigenvalue weighted by molar-refractivity contribution is -1.05. The molecule has 0 aromatic carbocycles. The molecule has 1 atom stereocenters. The molecule has 1 N–H and O–H groups in total. The van der Waals surface area contributed by atoms with Crippen molar-refractivity contribution in [1.82, 2.24) is 0 Å². The van der Waals surface area contributed by atoms with Crippen LogP contribution in [0.15, 0.2) is 0 Å². The summed E-state index contributed by atoms with van der Waals surface area (Å²) in [4.78, 5) is 4.90. The Morgan fingerprint density at radius 1 is 0.684 bits per heavy atom. The Morgan fingerprint density at radius 3 is 1.53 bits per heavy atom. The van der Waals surface area contributed by atoms with E-state index in [4.69, 9.17) is 4.84 Å². The highest BCUT2D eigenvalue weighted by atomic mass is 16.9. The van der Waals surface area contributed by atoms with Crippen LogP contribution in [0.25, 0.3) is 0 Å². The van der Waals surface area contributed by atoms with Crippen LogP contribution in [-0.4, -0.2) is 13.2 Å². The number of hydroxylamine groups is 2. The Morgan fingerprint density at radius 2 is 1.11 bits per heavy atom. The molecule has 0 aliphatic carbocycles. The zero-order chi connectivity index (χ0) is 14.2. The zero-order valence-electron chi connectivity index (χ0n) is 13.2. The lowest BCUT2D eigenvalue weighted by Crippen LogP contribution is -3.06. The van der Waals surface area contributed by atoms with E-state index in [1.165, 1.54) is 70.6 Å². The summed E-state index contributed by atoms with van der Waals surface area (Å²) in [7, 11) is 0. The second-order valence-electron chi connectivity index (χ2n) is 5.44. The van der Waals surface area contributed by atoms with E-state index in [-0.39, 0.29) is 5.23 Å². The van der Waals surface area contributed by atoms with Crippen LogP contribution in [0, 0.1) is 5.21 Å². The Hall–Kier alpha value is -0.120. The molecule has 0 amide bonds. The Bertz CT molecular complexity index is 165. The summed E-state index contributed by atoms with van der Waals surface area (Å²) < 4.78 is 0. The Labute approximate surface area is 120 Å². The topological polar surface area (TPSA) is 36.7 Å². The van der Waals surface area contributed by atoms with Gasteiger partial charge in [0.1, 0.15) is 13.2 Å². The fraction of sp³-hybridized carbons (Fsp3) is 1.00. The van der Waals surface area contributed by atoms with E-state index in [9.17, 15) is 5.21 Å². The van der Waals surface area contributed by atoms with E-state index in [0.29, 0.717) is 13.2 Å². The van der Waals surface area contributed by atoms with Gasteiger partial charge in [0.15, 0.2) is 0 Å². The number of hydrogen-bond donors (Lipinski definition) is 1. The molecule has 0 aliphatic rings. The molecule has 0 saturated carbocycles. The van der Waals surface area contributed by atoms with E-state index in [2.05, 4.69) is 6.92 Å². The fourth-order valence-electron chi connectivity index (χ4n) is 2.34. The van der Waals surface area contributed by atoms with Gasteiger partial charge in [-0.3, -0.25) is 0 Å². The molecule has 19 heavy (non-hydrogen) atoms. The van der Waals surface area contributed by atoms with E-state index in [0.717, 1.165) is 6.42 Å². The normalized spacial score (nSPS) is 12.8. The van der Waals surface area contributed by atoms with Crippen molar-refractivity contribution in [3.63, 3.8) is 0 Å². The van der Waals surface area contributed by atoms with Gasteiger partial charge in [-0.2, -0.15) is 0 Å². The van der Waals surface area contributed by atoms with Crippen LogP contribution >= 0.6 is 0 Å². The van der Waals surface area contributed by atoms with E-state index >= 15 is 0 Å².